The third-order valence-corrected chi connectivity index (χ3v) is 2.58. The third-order valence-electron chi connectivity index (χ3n) is 2.58. The van der Waals surface area contributed by atoms with Gasteiger partial charge in [-0.05, 0) is 23.2 Å². The second kappa shape index (κ2) is 11.1. The van der Waals surface area contributed by atoms with Gasteiger partial charge in [0.1, 0.15) is 13.2 Å². The van der Waals surface area contributed by atoms with Crippen molar-refractivity contribution >= 4 is 18.7 Å². The first-order valence-corrected chi connectivity index (χ1v) is 6.82. The Kier molecular flexibility index (Phi) is 8.81. The summed E-state index contributed by atoms with van der Waals surface area (Å²) in [5.41, 5.74) is 1.42. The van der Waals surface area contributed by atoms with Gasteiger partial charge in [0, 0.05) is 12.3 Å². The number of hydrogen-bond acceptors (Lipinski definition) is 5. The molecule has 0 saturated heterocycles. The fourth-order valence-electron chi connectivity index (χ4n) is 1.43. The molecule has 0 aliphatic carbocycles. The van der Waals surface area contributed by atoms with Gasteiger partial charge in [-0.3, -0.25) is 0 Å². The Morgan fingerprint density at radius 3 is 2.86 bits per heavy atom. The molecule has 6 nitrogen and oxygen atoms in total. The number of aliphatic imine (C=N–C) groups is 1. The molecule has 0 spiro atoms. The Morgan fingerprint density at radius 1 is 1.36 bits per heavy atom. The summed E-state index contributed by atoms with van der Waals surface area (Å²) in [4.78, 5) is 8.18. The molecule has 0 saturated carbocycles. The van der Waals surface area contributed by atoms with Gasteiger partial charge in [-0.25, -0.2) is 9.56 Å². The maximum absolute atomic E-state index is 6.93. The van der Waals surface area contributed by atoms with Gasteiger partial charge >= 0.3 is 0 Å². The summed E-state index contributed by atoms with van der Waals surface area (Å²) < 4.78 is 12.6. The summed E-state index contributed by atoms with van der Waals surface area (Å²) in [6.07, 6.45) is 10.9. The fourth-order valence-corrected chi connectivity index (χ4v) is 1.43. The second-order valence-electron chi connectivity index (χ2n) is 4.11. The van der Waals surface area contributed by atoms with E-state index in [0.717, 1.165) is 18.5 Å². The van der Waals surface area contributed by atoms with Gasteiger partial charge in [-0.2, -0.15) is 0 Å². The van der Waals surface area contributed by atoms with Gasteiger partial charge in [-0.15, -0.1) is 0 Å². The quantitative estimate of drug-likeness (QED) is 0.223. The van der Waals surface area contributed by atoms with Crippen molar-refractivity contribution in [2.24, 2.45) is 4.99 Å². The largest absolute Gasteiger partial charge is 0.481 e. The number of hydrogen-bond donors (Lipinski definition) is 1. The van der Waals surface area contributed by atoms with E-state index in [9.17, 15) is 0 Å². The fraction of sp³-hybridized carbons (Fsp3) is 0.250. The van der Waals surface area contributed by atoms with Gasteiger partial charge in [-0.1, -0.05) is 13.2 Å². The maximum atomic E-state index is 6.93. The lowest BCUT2D eigenvalue weighted by Gasteiger charge is -2.03. The summed E-state index contributed by atoms with van der Waals surface area (Å²) in [7, 11) is 0. The van der Waals surface area contributed by atoms with Crippen molar-refractivity contribution in [3.8, 4) is 0 Å². The van der Waals surface area contributed by atoms with E-state index >= 15 is 0 Å². The van der Waals surface area contributed by atoms with E-state index in [-0.39, 0.29) is 0 Å². The molecule has 1 N–H and O–H groups in total. The minimum atomic E-state index is 0.414. The normalized spacial score (nSPS) is 11.4. The Balaban J connectivity index is 2.11. The van der Waals surface area contributed by atoms with Crippen molar-refractivity contribution in [1.82, 2.24) is 4.98 Å². The van der Waals surface area contributed by atoms with Crippen molar-refractivity contribution in [1.29, 1.82) is 5.41 Å². The molecule has 0 fully saturated rings. The van der Waals surface area contributed by atoms with E-state index in [1.54, 1.807) is 18.5 Å². The lowest BCUT2D eigenvalue weighted by Crippen LogP contribution is -2.36. The van der Waals surface area contributed by atoms with Gasteiger partial charge < -0.3 is 14.9 Å². The molecule has 1 rings (SSSR count). The Labute approximate surface area is 130 Å². The molecule has 1 heterocycles. The molecule has 0 atom stereocenters. The average molecular weight is 301 g/mol. The lowest BCUT2D eigenvalue weighted by molar-refractivity contribution is -0.701. The molecular formula is C16H21N4O2+. The van der Waals surface area contributed by atoms with Crippen LogP contribution in [0.4, 0.5) is 0 Å². The molecule has 0 bridgehead atoms. The van der Waals surface area contributed by atoms with Crippen LogP contribution in [0, 0.1) is 5.41 Å². The predicted molar refractivity (Wildman–Crippen MR) is 86.8 cm³/mol. The molecule has 0 unspecified atom stereocenters. The van der Waals surface area contributed by atoms with Crippen LogP contribution in [0.1, 0.15) is 5.69 Å². The zero-order valence-electron chi connectivity index (χ0n) is 12.5. The molecule has 0 aliphatic heterocycles. The lowest BCUT2D eigenvalue weighted by atomic mass is 10.4. The van der Waals surface area contributed by atoms with Crippen LogP contribution in [0.25, 0.3) is 6.08 Å². The summed E-state index contributed by atoms with van der Waals surface area (Å²) in [6, 6.07) is 1.89. The average Bonchev–Trinajstić information content (AvgIpc) is 2.56. The first-order valence-electron chi connectivity index (χ1n) is 6.82. The van der Waals surface area contributed by atoms with Crippen molar-refractivity contribution < 1.29 is 14.0 Å². The van der Waals surface area contributed by atoms with E-state index in [1.807, 2.05) is 16.8 Å². The van der Waals surface area contributed by atoms with E-state index in [1.165, 1.54) is 12.5 Å². The molecule has 0 aliphatic rings. The Bertz CT molecular complexity index is 536. The van der Waals surface area contributed by atoms with E-state index in [4.69, 9.17) is 14.9 Å². The molecule has 0 amide bonds. The van der Waals surface area contributed by atoms with Gasteiger partial charge in [0.15, 0.2) is 12.1 Å². The van der Waals surface area contributed by atoms with Gasteiger partial charge in [0.05, 0.1) is 25.1 Å². The number of aromatic nitrogens is 2. The van der Waals surface area contributed by atoms with E-state index < -0.39 is 0 Å². The first-order chi connectivity index (χ1) is 10.8. The number of allylic oxidation sites excluding steroid dienone is 2. The monoisotopic (exact) mass is 301 g/mol. The van der Waals surface area contributed by atoms with E-state index in [2.05, 4.69) is 23.1 Å². The Morgan fingerprint density at radius 2 is 2.23 bits per heavy atom. The van der Waals surface area contributed by atoms with Crippen LogP contribution < -0.4 is 4.57 Å². The highest BCUT2D eigenvalue weighted by Crippen LogP contribution is 1.94. The van der Waals surface area contributed by atoms with Crippen LogP contribution in [-0.4, -0.2) is 37.4 Å². The molecule has 1 aromatic rings. The standard InChI is InChI=1S/C16H21N4O2/c1-3-15(5-7-17)19-14-22-12-11-21-10-9-20-8-6-16(4-2)18-13-20/h3-8,13-14,17H,1-2,9-12H2/q+1/b15-5-,17-7?,19-14?. The second-order valence-corrected chi connectivity index (χ2v) is 4.11. The first kappa shape index (κ1) is 17.5. The van der Waals surface area contributed by atoms with Crippen molar-refractivity contribution in [3.05, 3.63) is 55.3 Å². The predicted octanol–water partition coefficient (Wildman–Crippen LogP) is 1.79. The van der Waals surface area contributed by atoms with Crippen LogP contribution in [0.5, 0.6) is 0 Å². The number of nitrogens with zero attached hydrogens (tertiary/aromatic N) is 3. The molecule has 0 radical (unpaired) electrons. The third kappa shape index (κ3) is 7.25. The summed E-state index contributed by atoms with van der Waals surface area (Å²) >= 11 is 0. The summed E-state index contributed by atoms with van der Waals surface area (Å²) in [6.45, 7) is 9.42. The molecule has 116 valence electrons. The summed E-state index contributed by atoms with van der Waals surface area (Å²) in [5, 5.41) is 6.93. The van der Waals surface area contributed by atoms with Crippen molar-refractivity contribution in [2.75, 3.05) is 19.8 Å². The highest BCUT2D eigenvalue weighted by molar-refractivity contribution is 5.70. The molecule has 1 aromatic heterocycles. The highest BCUT2D eigenvalue weighted by Gasteiger charge is 1.99. The smallest absolute Gasteiger partial charge is 0.286 e. The number of rotatable bonds is 11. The van der Waals surface area contributed by atoms with Gasteiger partial charge in [0.2, 0.25) is 0 Å². The molecule has 22 heavy (non-hydrogen) atoms. The van der Waals surface area contributed by atoms with Crippen molar-refractivity contribution in [3.63, 3.8) is 0 Å². The van der Waals surface area contributed by atoms with Crippen molar-refractivity contribution in [2.45, 2.75) is 6.54 Å². The van der Waals surface area contributed by atoms with Gasteiger partial charge in [0.25, 0.3) is 6.33 Å². The zero-order valence-corrected chi connectivity index (χ0v) is 12.5. The van der Waals surface area contributed by atoms with Crippen LogP contribution in [0.15, 0.2) is 54.6 Å². The SMILES string of the molecule is C=C/C(=C/C=N)N=COCCOCC[n+]1ccc(C=C)nc1. The topological polar surface area (TPSA) is 71.4 Å². The minimum Gasteiger partial charge on any atom is -0.481 e. The maximum Gasteiger partial charge on any atom is 0.286 e. The number of ether oxygens (including phenoxy) is 2. The highest BCUT2D eigenvalue weighted by atomic mass is 16.5. The Hall–Kier alpha value is -2.60. The van der Waals surface area contributed by atoms with Crippen LogP contribution in [0.3, 0.4) is 0 Å². The van der Waals surface area contributed by atoms with Crippen LogP contribution >= 0.6 is 0 Å². The van der Waals surface area contributed by atoms with Crippen LogP contribution in [-0.2, 0) is 16.0 Å². The van der Waals surface area contributed by atoms with E-state index in [0.29, 0.717) is 25.5 Å². The molecule has 0 aromatic carbocycles. The zero-order chi connectivity index (χ0) is 16.0. The number of nitrogens with one attached hydrogen (secondary N) is 1. The summed E-state index contributed by atoms with van der Waals surface area (Å²) in [5.74, 6) is 0. The molecular weight excluding hydrogens is 280 g/mol. The van der Waals surface area contributed by atoms with Crippen LogP contribution in [0.2, 0.25) is 0 Å². The minimum absolute atomic E-state index is 0.414. The molecule has 6 heteroatoms.